The van der Waals surface area contributed by atoms with Crippen molar-refractivity contribution in [2.75, 3.05) is 13.1 Å². The number of aromatic nitrogens is 1. The molecule has 1 aliphatic heterocycles. The first-order valence-corrected chi connectivity index (χ1v) is 6.68. The van der Waals surface area contributed by atoms with Crippen LogP contribution in [-0.2, 0) is 4.74 Å². The number of ether oxygens (including phenoxy) is 1. The van der Waals surface area contributed by atoms with E-state index < -0.39 is 5.97 Å². The number of amides is 1. The lowest BCUT2D eigenvalue weighted by atomic mass is 10.1. The molecule has 0 aromatic carbocycles. The number of nitrogens with zero attached hydrogens (tertiary/aromatic N) is 1. The average Bonchev–Trinajstić information content (AvgIpc) is 2.63. The van der Waals surface area contributed by atoms with E-state index in [9.17, 15) is 9.59 Å². The quantitative estimate of drug-likeness (QED) is 0.861. The summed E-state index contributed by atoms with van der Waals surface area (Å²) in [5.41, 5.74) is 1.63. The van der Waals surface area contributed by atoms with E-state index in [0.717, 1.165) is 0 Å². The number of H-pyrrole nitrogens is 1. The topological polar surface area (TPSA) is 82.6 Å². The Morgan fingerprint density at radius 1 is 1.25 bits per heavy atom. The standard InChI is InChI=1S/C14H20N2O4/c1-7-5-16(6-8(2)20-7)13(17)11-9(3)12(14(18)19)15-10(11)4/h7-8,15H,5-6H2,1-4H3,(H,18,19)/t7-,8+. The second kappa shape index (κ2) is 5.28. The van der Waals surface area contributed by atoms with Gasteiger partial charge in [0.25, 0.3) is 5.91 Å². The van der Waals surface area contributed by atoms with Crippen LogP contribution in [0.5, 0.6) is 0 Å². The number of carbonyl (C=O) groups is 2. The summed E-state index contributed by atoms with van der Waals surface area (Å²) in [5, 5.41) is 9.10. The van der Waals surface area contributed by atoms with Crippen LogP contribution in [0.1, 0.15) is 46.0 Å². The second-order valence-electron chi connectivity index (χ2n) is 5.40. The number of carboxylic acid groups (broad SMARTS) is 1. The van der Waals surface area contributed by atoms with E-state index >= 15 is 0 Å². The van der Waals surface area contributed by atoms with Gasteiger partial charge in [-0.1, -0.05) is 0 Å². The lowest BCUT2D eigenvalue weighted by molar-refractivity contribution is -0.0586. The van der Waals surface area contributed by atoms with Crippen LogP contribution in [0.3, 0.4) is 0 Å². The maximum atomic E-state index is 12.6. The molecule has 1 aromatic rings. The molecule has 2 atom stereocenters. The van der Waals surface area contributed by atoms with Crippen molar-refractivity contribution >= 4 is 11.9 Å². The molecule has 1 aromatic heterocycles. The Bertz CT molecular complexity index is 540. The molecule has 0 saturated carbocycles. The minimum absolute atomic E-state index is 0.0128. The van der Waals surface area contributed by atoms with Crippen LogP contribution >= 0.6 is 0 Å². The summed E-state index contributed by atoms with van der Waals surface area (Å²) in [6, 6.07) is 0. The lowest BCUT2D eigenvalue weighted by Crippen LogP contribution is -2.48. The Morgan fingerprint density at radius 3 is 2.25 bits per heavy atom. The van der Waals surface area contributed by atoms with E-state index in [1.54, 1.807) is 18.7 Å². The highest BCUT2D eigenvalue weighted by atomic mass is 16.5. The Labute approximate surface area is 117 Å². The third-order valence-electron chi connectivity index (χ3n) is 3.57. The van der Waals surface area contributed by atoms with E-state index in [-0.39, 0.29) is 23.8 Å². The van der Waals surface area contributed by atoms with E-state index in [2.05, 4.69) is 4.98 Å². The van der Waals surface area contributed by atoms with Gasteiger partial charge in [-0.25, -0.2) is 4.79 Å². The van der Waals surface area contributed by atoms with Crippen LogP contribution in [0.25, 0.3) is 0 Å². The fourth-order valence-electron chi connectivity index (χ4n) is 2.79. The molecule has 110 valence electrons. The summed E-state index contributed by atoms with van der Waals surface area (Å²) >= 11 is 0. The van der Waals surface area contributed by atoms with Crippen molar-refractivity contribution in [3.63, 3.8) is 0 Å². The van der Waals surface area contributed by atoms with E-state index in [0.29, 0.717) is 29.9 Å². The number of aromatic carboxylic acids is 1. The molecule has 2 rings (SSSR count). The third kappa shape index (κ3) is 2.56. The molecular weight excluding hydrogens is 260 g/mol. The predicted molar refractivity (Wildman–Crippen MR) is 73.1 cm³/mol. The van der Waals surface area contributed by atoms with Gasteiger partial charge in [0.2, 0.25) is 0 Å². The molecule has 1 saturated heterocycles. The lowest BCUT2D eigenvalue weighted by Gasteiger charge is -2.35. The fraction of sp³-hybridized carbons (Fsp3) is 0.571. The molecule has 6 nitrogen and oxygen atoms in total. The number of rotatable bonds is 2. The fourth-order valence-corrected chi connectivity index (χ4v) is 2.79. The van der Waals surface area contributed by atoms with Gasteiger partial charge in [0, 0.05) is 18.8 Å². The van der Waals surface area contributed by atoms with Gasteiger partial charge in [0.15, 0.2) is 0 Å². The molecule has 0 spiro atoms. The van der Waals surface area contributed by atoms with Crippen molar-refractivity contribution in [1.29, 1.82) is 0 Å². The molecule has 1 amide bonds. The van der Waals surface area contributed by atoms with Crippen molar-refractivity contribution in [1.82, 2.24) is 9.88 Å². The summed E-state index contributed by atoms with van der Waals surface area (Å²) in [5.74, 6) is -1.18. The van der Waals surface area contributed by atoms with Crippen molar-refractivity contribution in [3.05, 3.63) is 22.5 Å². The number of morpholine rings is 1. The van der Waals surface area contributed by atoms with Gasteiger partial charge in [-0.05, 0) is 33.3 Å². The third-order valence-corrected chi connectivity index (χ3v) is 3.57. The zero-order valence-corrected chi connectivity index (χ0v) is 12.2. The zero-order valence-electron chi connectivity index (χ0n) is 12.2. The molecule has 6 heteroatoms. The first-order chi connectivity index (χ1) is 9.31. The smallest absolute Gasteiger partial charge is 0.352 e. The van der Waals surface area contributed by atoms with Crippen LogP contribution in [0, 0.1) is 13.8 Å². The van der Waals surface area contributed by atoms with Gasteiger partial charge in [-0.3, -0.25) is 4.79 Å². The highest BCUT2D eigenvalue weighted by Crippen LogP contribution is 2.22. The van der Waals surface area contributed by atoms with E-state index in [1.165, 1.54) is 0 Å². The van der Waals surface area contributed by atoms with Crippen LogP contribution in [0.2, 0.25) is 0 Å². The van der Waals surface area contributed by atoms with Gasteiger partial charge in [0.05, 0.1) is 17.8 Å². The number of aromatic amines is 1. The van der Waals surface area contributed by atoms with Crippen LogP contribution in [0.4, 0.5) is 0 Å². The second-order valence-corrected chi connectivity index (χ2v) is 5.40. The Balaban J connectivity index is 2.32. The molecule has 2 N–H and O–H groups in total. The number of hydrogen-bond donors (Lipinski definition) is 2. The first kappa shape index (κ1) is 14.6. The minimum Gasteiger partial charge on any atom is -0.477 e. The minimum atomic E-state index is -1.05. The summed E-state index contributed by atoms with van der Waals surface area (Å²) in [6.45, 7) is 8.28. The summed E-state index contributed by atoms with van der Waals surface area (Å²) in [7, 11) is 0. The monoisotopic (exact) mass is 280 g/mol. The van der Waals surface area contributed by atoms with Gasteiger partial charge in [-0.15, -0.1) is 0 Å². The number of nitrogens with one attached hydrogen (secondary N) is 1. The first-order valence-electron chi connectivity index (χ1n) is 6.68. The molecule has 0 bridgehead atoms. The SMILES string of the molecule is Cc1[nH]c(C(=O)O)c(C)c1C(=O)N1C[C@@H](C)O[C@@H](C)C1. The maximum absolute atomic E-state index is 12.6. The van der Waals surface area contributed by atoms with Crippen molar-refractivity contribution in [2.24, 2.45) is 0 Å². The maximum Gasteiger partial charge on any atom is 0.352 e. The molecule has 20 heavy (non-hydrogen) atoms. The zero-order chi connectivity index (χ0) is 15.0. The Hall–Kier alpha value is -1.82. The molecule has 2 heterocycles. The largest absolute Gasteiger partial charge is 0.477 e. The molecule has 0 radical (unpaired) electrons. The normalized spacial score (nSPS) is 22.9. The van der Waals surface area contributed by atoms with Gasteiger partial charge < -0.3 is 19.7 Å². The van der Waals surface area contributed by atoms with E-state index in [1.807, 2.05) is 13.8 Å². The molecular formula is C14H20N2O4. The molecule has 1 fully saturated rings. The van der Waals surface area contributed by atoms with Crippen molar-refractivity contribution in [3.8, 4) is 0 Å². The number of aryl methyl sites for hydroxylation is 1. The summed E-state index contributed by atoms with van der Waals surface area (Å²) < 4.78 is 5.61. The van der Waals surface area contributed by atoms with Crippen LogP contribution < -0.4 is 0 Å². The molecule has 0 aliphatic carbocycles. The average molecular weight is 280 g/mol. The number of carbonyl (C=O) groups excluding carboxylic acids is 1. The highest BCUT2D eigenvalue weighted by Gasteiger charge is 2.30. The number of carboxylic acids is 1. The van der Waals surface area contributed by atoms with Crippen molar-refractivity contribution in [2.45, 2.75) is 39.9 Å². The van der Waals surface area contributed by atoms with Crippen LogP contribution in [0.15, 0.2) is 0 Å². The Morgan fingerprint density at radius 2 is 1.80 bits per heavy atom. The van der Waals surface area contributed by atoms with Crippen molar-refractivity contribution < 1.29 is 19.4 Å². The van der Waals surface area contributed by atoms with Gasteiger partial charge >= 0.3 is 5.97 Å². The highest BCUT2D eigenvalue weighted by molar-refractivity contribution is 6.00. The molecule has 0 unspecified atom stereocenters. The number of hydrogen-bond acceptors (Lipinski definition) is 3. The van der Waals surface area contributed by atoms with Crippen LogP contribution in [-0.4, -0.2) is 52.2 Å². The summed E-state index contributed by atoms with van der Waals surface area (Å²) in [6.07, 6.45) is -0.0256. The van der Waals surface area contributed by atoms with E-state index in [4.69, 9.17) is 9.84 Å². The van der Waals surface area contributed by atoms with Gasteiger partial charge in [0.1, 0.15) is 5.69 Å². The van der Waals surface area contributed by atoms with Gasteiger partial charge in [-0.2, -0.15) is 0 Å². The molecule has 1 aliphatic rings. The Kier molecular flexibility index (Phi) is 3.85. The summed E-state index contributed by atoms with van der Waals surface area (Å²) in [4.78, 5) is 28.2. The predicted octanol–water partition coefficient (Wildman–Crippen LogP) is 1.58.